The van der Waals surface area contributed by atoms with Crippen molar-refractivity contribution in [2.24, 2.45) is 0 Å². The Morgan fingerprint density at radius 2 is 1.00 bits per heavy atom. The van der Waals surface area contributed by atoms with Crippen molar-refractivity contribution in [1.29, 1.82) is 0 Å². The molecule has 0 spiro atoms. The van der Waals surface area contributed by atoms with Gasteiger partial charge >= 0.3 is 27.4 Å². The monoisotopic (exact) mass is 847 g/mol. The highest BCUT2D eigenvalue weighted by atomic mass is 31.2. The van der Waals surface area contributed by atoms with Gasteiger partial charge in [0, 0.05) is 35.4 Å². The number of aryl methyl sites for hydroxylation is 1. The van der Waals surface area contributed by atoms with Crippen molar-refractivity contribution in [3.05, 3.63) is 158 Å². The molecule has 56 heavy (non-hydrogen) atoms. The lowest BCUT2D eigenvalue weighted by Gasteiger charge is -2.18. The van der Waals surface area contributed by atoms with E-state index in [2.05, 4.69) is 44.0 Å². The van der Waals surface area contributed by atoms with Gasteiger partial charge in [-0.25, -0.2) is 9.65 Å². The summed E-state index contributed by atoms with van der Waals surface area (Å²) in [6, 6.07) is 32.9. The van der Waals surface area contributed by atoms with Crippen LogP contribution in [0.3, 0.4) is 0 Å². The quantitative estimate of drug-likeness (QED) is 0.0435. The molecule has 0 amide bonds. The number of hydrogen-bond acceptors (Lipinski definition) is 7. The van der Waals surface area contributed by atoms with E-state index in [0.29, 0.717) is 23.5 Å². The molecule has 0 bridgehead atoms. The fraction of sp³-hybridized carbons (Fsp3) is 0.189. The van der Waals surface area contributed by atoms with E-state index in [4.69, 9.17) is 4.52 Å². The summed E-state index contributed by atoms with van der Waals surface area (Å²) in [4.78, 5) is 0. The number of alkyl halides is 6. The Morgan fingerprint density at radius 1 is 0.589 bits per heavy atom. The lowest BCUT2D eigenvalue weighted by Crippen LogP contribution is -2.20. The minimum atomic E-state index is -4.53. The summed E-state index contributed by atoms with van der Waals surface area (Å²) >= 11 is 0. The number of benzene rings is 4. The van der Waals surface area contributed by atoms with Gasteiger partial charge in [0.2, 0.25) is 0 Å². The third-order valence-electron chi connectivity index (χ3n) is 6.57. The molecule has 0 radical (unpaired) electrons. The first kappa shape index (κ1) is 47.6. The third-order valence-corrected chi connectivity index (χ3v) is 11.3. The maximum Gasteiger partial charge on any atom is 0.412 e. The van der Waals surface area contributed by atoms with Gasteiger partial charge < -0.3 is 28.9 Å². The first-order valence-electron chi connectivity index (χ1n) is 16.4. The Morgan fingerprint density at radius 3 is 1.43 bits per heavy atom. The van der Waals surface area contributed by atoms with E-state index in [1.54, 1.807) is 42.5 Å². The fourth-order valence-electron chi connectivity index (χ4n) is 3.96. The second-order valence-corrected chi connectivity index (χ2v) is 17.3. The molecule has 3 atom stereocenters. The average Bonchev–Trinajstić information content (AvgIpc) is 3.17. The zero-order valence-electron chi connectivity index (χ0n) is 29.9. The molecule has 0 saturated heterocycles. The van der Waals surface area contributed by atoms with Crippen LogP contribution in [-0.2, 0) is 29.2 Å². The number of aromatic hydroxyl groups is 1. The number of phenolic OH excluding ortho intramolecular Hbond substituents is 1. The van der Waals surface area contributed by atoms with Gasteiger partial charge in [0.25, 0.3) is 7.52 Å². The summed E-state index contributed by atoms with van der Waals surface area (Å²) in [6.45, 7) is 7.15. The standard InChI is InChI=1S/C14H14NO3P.C13H17F3NO2P.C10H11F3NO2P/c1-2-19(17,15-12-6-4-3-5-7-12)18-14-10-8-13(16)9-11-14;1-2-20(18,19-11-13(14,15)16)17-10-6-9-12-7-4-3-5-8-12;1-2-17(15,16-8-10(11,12)13)14-9-6-4-3-5-7-9/h2-11,16H,1H2,(H,15,17);2-5,7-8H,1,6,9-11H2,(H,17,18);2-7H,1,8H2,(H,14,15). The van der Waals surface area contributed by atoms with E-state index in [0.717, 1.165) is 23.6 Å². The second-order valence-electron chi connectivity index (χ2n) is 11.2. The molecular weight excluding hydrogens is 805 g/mol. The van der Waals surface area contributed by atoms with Gasteiger partial charge in [0.15, 0.2) is 13.2 Å². The molecule has 0 saturated carbocycles. The number of rotatable bonds is 18. The number of hydrogen-bond donors (Lipinski definition) is 4. The van der Waals surface area contributed by atoms with E-state index >= 15 is 0 Å². The Balaban J connectivity index is 0.000000291. The molecule has 10 nitrogen and oxygen atoms in total. The van der Waals surface area contributed by atoms with Gasteiger partial charge in [-0.2, -0.15) is 26.3 Å². The lowest BCUT2D eigenvalue weighted by molar-refractivity contribution is -0.153. The molecule has 4 aromatic carbocycles. The topological polar surface area (TPSA) is 135 Å². The van der Waals surface area contributed by atoms with E-state index < -0.39 is 48.1 Å². The first-order chi connectivity index (χ1) is 26.3. The molecule has 0 aromatic heterocycles. The van der Waals surface area contributed by atoms with Gasteiger partial charge in [-0.3, -0.25) is 9.13 Å². The van der Waals surface area contributed by atoms with Crippen molar-refractivity contribution in [3.63, 3.8) is 0 Å². The molecule has 304 valence electrons. The van der Waals surface area contributed by atoms with E-state index in [9.17, 15) is 45.1 Å². The Labute approximate surface area is 321 Å². The SMILES string of the molecule is C=CP(=O)(NCCCc1ccccc1)OCC(F)(F)F.C=CP(=O)(Nc1ccccc1)OCC(F)(F)F.C=CP(=O)(Nc1ccccc1)Oc1ccc(O)cc1. The summed E-state index contributed by atoms with van der Waals surface area (Å²) in [5.41, 5.74) is 2.20. The van der Waals surface area contributed by atoms with Crippen molar-refractivity contribution in [1.82, 2.24) is 5.09 Å². The van der Waals surface area contributed by atoms with E-state index in [1.807, 2.05) is 48.5 Å². The highest BCUT2D eigenvalue weighted by Gasteiger charge is 2.33. The maximum absolute atomic E-state index is 12.5. The van der Waals surface area contributed by atoms with Crippen LogP contribution in [0.2, 0.25) is 0 Å². The predicted molar refractivity (Wildman–Crippen MR) is 209 cm³/mol. The van der Waals surface area contributed by atoms with Crippen LogP contribution in [0.4, 0.5) is 37.7 Å². The van der Waals surface area contributed by atoms with Crippen molar-refractivity contribution in [3.8, 4) is 11.5 Å². The van der Waals surface area contributed by atoms with Crippen LogP contribution >= 0.6 is 22.6 Å². The molecule has 19 heteroatoms. The van der Waals surface area contributed by atoms with Crippen molar-refractivity contribution in [2.75, 3.05) is 29.9 Å². The molecule has 0 aliphatic carbocycles. The molecule has 3 unspecified atom stereocenters. The Bertz CT molecular complexity index is 1920. The number of anilines is 2. The van der Waals surface area contributed by atoms with Gasteiger partial charge in [-0.05, 0) is 66.9 Å². The minimum absolute atomic E-state index is 0.122. The van der Waals surface area contributed by atoms with Crippen molar-refractivity contribution < 1.29 is 58.7 Å². The van der Waals surface area contributed by atoms with Gasteiger partial charge in [0.05, 0.1) is 0 Å². The molecule has 0 aliphatic heterocycles. The average molecular weight is 848 g/mol. The van der Waals surface area contributed by atoms with Crippen LogP contribution in [-0.4, -0.2) is 37.2 Å². The molecule has 0 fully saturated rings. The number of phenols is 1. The summed E-state index contributed by atoms with van der Waals surface area (Å²) < 4.78 is 122. The molecular formula is C37H42F6N3O7P3. The molecule has 0 heterocycles. The van der Waals surface area contributed by atoms with Crippen LogP contribution in [0.1, 0.15) is 12.0 Å². The van der Waals surface area contributed by atoms with E-state index in [-0.39, 0.29) is 12.3 Å². The molecule has 0 aliphatic rings. The normalized spacial score (nSPS) is 14.3. The zero-order valence-corrected chi connectivity index (χ0v) is 32.5. The fourth-order valence-corrected chi connectivity index (χ4v) is 7.36. The van der Waals surface area contributed by atoms with Crippen LogP contribution in [0.25, 0.3) is 0 Å². The van der Waals surface area contributed by atoms with Gasteiger partial charge in [-0.15, -0.1) is 0 Å². The highest BCUT2D eigenvalue weighted by molar-refractivity contribution is 7.64. The molecule has 4 rings (SSSR count). The van der Waals surface area contributed by atoms with Crippen molar-refractivity contribution >= 4 is 33.9 Å². The summed E-state index contributed by atoms with van der Waals surface area (Å²) in [5, 5.41) is 16.9. The summed E-state index contributed by atoms with van der Waals surface area (Å²) in [5.74, 6) is 3.53. The maximum atomic E-state index is 12.5. The number of nitrogens with one attached hydrogen (secondary N) is 3. The van der Waals surface area contributed by atoms with Gasteiger partial charge in [-0.1, -0.05) is 86.5 Å². The predicted octanol–water partition coefficient (Wildman–Crippen LogP) is 12.4. The van der Waals surface area contributed by atoms with Crippen LogP contribution in [0, 0.1) is 0 Å². The molecule has 4 N–H and O–H groups in total. The summed E-state index contributed by atoms with van der Waals surface area (Å²) in [6.07, 6.45) is -7.66. The Kier molecular flexibility index (Phi) is 19.4. The summed E-state index contributed by atoms with van der Waals surface area (Å²) in [7, 11) is -10.6. The smallest absolute Gasteiger partial charge is 0.412 e. The molecule has 4 aromatic rings. The zero-order chi connectivity index (χ0) is 41.7. The Hall–Kier alpha value is -4.55. The van der Waals surface area contributed by atoms with Crippen LogP contribution in [0.5, 0.6) is 11.5 Å². The lowest BCUT2D eigenvalue weighted by atomic mass is 10.1. The third kappa shape index (κ3) is 20.4. The van der Waals surface area contributed by atoms with Gasteiger partial charge in [0.1, 0.15) is 11.5 Å². The number of halogens is 6. The largest absolute Gasteiger partial charge is 0.508 e. The van der Waals surface area contributed by atoms with E-state index in [1.165, 1.54) is 30.1 Å². The second kappa shape index (κ2) is 22.9. The first-order valence-corrected chi connectivity index (χ1v) is 21.5. The van der Waals surface area contributed by atoms with Crippen LogP contribution < -0.4 is 19.8 Å². The van der Waals surface area contributed by atoms with Crippen LogP contribution in [0.15, 0.2) is 152 Å². The van der Waals surface area contributed by atoms with Crippen molar-refractivity contribution in [2.45, 2.75) is 25.2 Å². The minimum Gasteiger partial charge on any atom is -0.508 e. The highest BCUT2D eigenvalue weighted by Crippen LogP contribution is 2.49. The number of para-hydroxylation sites is 2.